The third-order valence-corrected chi connectivity index (χ3v) is 5.89. The van der Waals surface area contributed by atoms with Gasteiger partial charge < -0.3 is 29.7 Å². The van der Waals surface area contributed by atoms with Crippen molar-refractivity contribution in [2.45, 2.75) is 46.8 Å². The summed E-state index contributed by atoms with van der Waals surface area (Å²) in [6.45, 7) is 9.33. The molecule has 0 aliphatic rings. The van der Waals surface area contributed by atoms with E-state index in [9.17, 15) is 9.90 Å². The summed E-state index contributed by atoms with van der Waals surface area (Å²) < 4.78 is 11.5. The van der Waals surface area contributed by atoms with Crippen LogP contribution < -0.4 is 10.1 Å². The highest BCUT2D eigenvalue weighted by atomic mass is 16.5. The van der Waals surface area contributed by atoms with Crippen molar-refractivity contribution in [3.8, 4) is 28.6 Å². The van der Waals surface area contributed by atoms with Crippen molar-refractivity contribution in [3.63, 3.8) is 0 Å². The van der Waals surface area contributed by atoms with Gasteiger partial charge in [-0.15, -0.1) is 0 Å². The molecule has 0 aliphatic heterocycles. The molecule has 0 radical (unpaired) electrons. The summed E-state index contributed by atoms with van der Waals surface area (Å²) in [5.74, 6) is 1.10. The van der Waals surface area contributed by atoms with Crippen molar-refractivity contribution < 1.29 is 24.3 Å². The largest absolute Gasteiger partial charge is 0.490 e. The number of ether oxygens (including phenoxy) is 1. The monoisotopic (exact) mass is 496 g/mol. The van der Waals surface area contributed by atoms with Gasteiger partial charge in [-0.1, -0.05) is 30.6 Å². The second kappa shape index (κ2) is 12.6. The highest BCUT2D eigenvalue weighted by molar-refractivity contribution is 5.76. The summed E-state index contributed by atoms with van der Waals surface area (Å²) in [5, 5.41) is 25.5. The first-order chi connectivity index (χ1) is 17.2. The van der Waals surface area contributed by atoms with Crippen molar-refractivity contribution in [2.75, 3.05) is 33.4 Å². The smallest absolute Gasteiger partial charge is 0.258 e. The minimum absolute atomic E-state index is 0.000967. The highest BCUT2D eigenvalue weighted by Crippen LogP contribution is 2.31. The first-order valence-corrected chi connectivity index (χ1v) is 12.2. The third kappa shape index (κ3) is 7.13. The number of hydrogen-bond acceptors (Lipinski definition) is 8. The lowest BCUT2D eigenvalue weighted by molar-refractivity contribution is -0.124. The van der Waals surface area contributed by atoms with Crippen molar-refractivity contribution in [1.29, 1.82) is 0 Å². The summed E-state index contributed by atoms with van der Waals surface area (Å²) in [5.41, 5.74) is 5.86. The van der Waals surface area contributed by atoms with Gasteiger partial charge >= 0.3 is 0 Å². The van der Waals surface area contributed by atoms with E-state index in [1.807, 2.05) is 32.0 Å². The van der Waals surface area contributed by atoms with Gasteiger partial charge in [-0.25, -0.2) is 0 Å². The molecule has 0 saturated heterocycles. The highest BCUT2D eigenvalue weighted by Gasteiger charge is 2.17. The summed E-state index contributed by atoms with van der Waals surface area (Å²) in [7, 11) is 2.09. The van der Waals surface area contributed by atoms with Crippen LogP contribution in [0.4, 0.5) is 0 Å². The first-order valence-electron chi connectivity index (χ1n) is 12.2. The number of nitrogens with one attached hydrogen (secondary N) is 1. The Morgan fingerprint density at radius 1 is 1.17 bits per heavy atom. The maximum absolute atomic E-state index is 11.2. The van der Waals surface area contributed by atoms with Crippen LogP contribution in [0.15, 0.2) is 34.9 Å². The van der Waals surface area contributed by atoms with Crippen LogP contribution in [0, 0.1) is 13.8 Å². The lowest BCUT2D eigenvalue weighted by Crippen LogP contribution is -2.36. The van der Waals surface area contributed by atoms with Gasteiger partial charge in [0.25, 0.3) is 5.89 Å². The zero-order valence-electron chi connectivity index (χ0n) is 21.7. The number of benzene rings is 2. The van der Waals surface area contributed by atoms with E-state index in [0.29, 0.717) is 23.9 Å². The predicted molar refractivity (Wildman–Crippen MR) is 138 cm³/mol. The van der Waals surface area contributed by atoms with Gasteiger partial charge in [0, 0.05) is 24.2 Å². The lowest BCUT2D eigenvalue weighted by atomic mass is 10.0. The molecule has 0 bridgehead atoms. The number of hydrogen-bond donors (Lipinski definition) is 3. The summed E-state index contributed by atoms with van der Waals surface area (Å²) in [6.07, 6.45) is -0.196. The topological polar surface area (TPSA) is 121 Å². The van der Waals surface area contributed by atoms with E-state index in [1.165, 1.54) is 5.56 Å². The van der Waals surface area contributed by atoms with Crippen LogP contribution in [0.3, 0.4) is 0 Å². The number of amides is 1. The second-order valence-electron chi connectivity index (χ2n) is 9.02. The average Bonchev–Trinajstić information content (AvgIpc) is 3.36. The number of aliphatic hydroxyl groups excluding tert-OH is 2. The third-order valence-electron chi connectivity index (χ3n) is 5.89. The van der Waals surface area contributed by atoms with Crippen molar-refractivity contribution >= 4 is 5.91 Å². The predicted octanol–water partition coefficient (Wildman–Crippen LogP) is 2.88. The van der Waals surface area contributed by atoms with Crippen LogP contribution >= 0.6 is 0 Å². The Balaban J connectivity index is 1.79. The Morgan fingerprint density at radius 3 is 2.64 bits per heavy atom. The molecule has 194 valence electrons. The Bertz CT molecular complexity index is 1180. The van der Waals surface area contributed by atoms with Gasteiger partial charge in [0.15, 0.2) is 0 Å². The van der Waals surface area contributed by atoms with Crippen molar-refractivity contribution in [3.05, 3.63) is 52.6 Å². The first kappa shape index (κ1) is 27.3. The average molecular weight is 497 g/mol. The molecule has 0 spiro atoms. The quantitative estimate of drug-likeness (QED) is 0.350. The van der Waals surface area contributed by atoms with Crippen LogP contribution in [0.1, 0.15) is 36.1 Å². The molecule has 9 nitrogen and oxygen atoms in total. The van der Waals surface area contributed by atoms with Crippen LogP contribution in [0.25, 0.3) is 22.8 Å². The van der Waals surface area contributed by atoms with Gasteiger partial charge in [-0.2, -0.15) is 4.98 Å². The molecule has 1 aromatic heterocycles. The molecule has 0 fully saturated rings. The summed E-state index contributed by atoms with van der Waals surface area (Å²) in [4.78, 5) is 18.1. The normalized spacial score (nSPS) is 12.1. The minimum atomic E-state index is -0.902. The molecule has 0 saturated carbocycles. The number of carbonyl (C=O) groups is 1. The van der Waals surface area contributed by atoms with E-state index >= 15 is 0 Å². The molecule has 1 heterocycles. The van der Waals surface area contributed by atoms with E-state index in [0.717, 1.165) is 40.9 Å². The van der Waals surface area contributed by atoms with Crippen LogP contribution in [-0.4, -0.2) is 70.6 Å². The maximum atomic E-state index is 11.2. The number of rotatable bonds is 12. The van der Waals surface area contributed by atoms with Gasteiger partial charge in [0.1, 0.15) is 25.1 Å². The molecule has 2 aromatic carbocycles. The fraction of sp³-hybridized carbons (Fsp3) is 0.444. The van der Waals surface area contributed by atoms with E-state index in [4.69, 9.17) is 14.4 Å². The fourth-order valence-corrected chi connectivity index (χ4v) is 3.93. The molecule has 0 aliphatic carbocycles. The molecule has 3 N–H and O–H groups in total. The molecule has 1 atom stereocenters. The van der Waals surface area contributed by atoms with E-state index in [1.54, 1.807) is 0 Å². The zero-order chi connectivity index (χ0) is 26.2. The molecule has 1 unspecified atom stereocenters. The molecule has 9 heteroatoms. The number of nitrogens with zero attached hydrogens (tertiary/aromatic N) is 3. The van der Waals surface area contributed by atoms with E-state index in [-0.39, 0.29) is 13.2 Å². The molecule has 3 aromatic rings. The SMILES string of the molecule is CCc1cc(-c2noc(-c3cc(C)cc(CN(C)CC)c3)n2)cc(C)c1OCC(O)CNC(=O)CO. The summed E-state index contributed by atoms with van der Waals surface area (Å²) in [6, 6.07) is 10.2. The number of carbonyl (C=O) groups excluding carboxylic acids is 1. The van der Waals surface area contributed by atoms with Crippen LogP contribution in [-0.2, 0) is 17.8 Å². The Hall–Kier alpha value is -3.27. The molecular formula is C27H36N4O5. The number of aromatic nitrogens is 2. The van der Waals surface area contributed by atoms with Crippen molar-refractivity contribution in [2.24, 2.45) is 0 Å². The van der Waals surface area contributed by atoms with Gasteiger partial charge in [0.05, 0.1) is 0 Å². The zero-order valence-corrected chi connectivity index (χ0v) is 21.7. The maximum Gasteiger partial charge on any atom is 0.258 e. The van der Waals surface area contributed by atoms with Gasteiger partial charge in [0.2, 0.25) is 11.7 Å². The second-order valence-corrected chi connectivity index (χ2v) is 9.02. The fourth-order valence-electron chi connectivity index (χ4n) is 3.93. The van der Waals surface area contributed by atoms with E-state index < -0.39 is 18.6 Å². The molecular weight excluding hydrogens is 460 g/mol. The number of aliphatic hydroxyl groups is 2. The van der Waals surface area contributed by atoms with Gasteiger partial charge in [-0.05, 0) is 74.8 Å². The molecule has 1 amide bonds. The number of aryl methyl sites for hydroxylation is 3. The van der Waals surface area contributed by atoms with Crippen LogP contribution in [0.2, 0.25) is 0 Å². The standard InChI is InChI=1S/C27H36N4O5/c1-6-20-12-21(10-18(4)25(20)35-16-23(33)13-28-24(34)15-32)26-29-27(36-30-26)22-9-17(3)8-19(11-22)14-31(5)7-2/h8-12,23,32-33H,6-7,13-16H2,1-5H3,(H,28,34). The Kier molecular flexibility index (Phi) is 9.58. The van der Waals surface area contributed by atoms with Crippen LogP contribution in [0.5, 0.6) is 5.75 Å². The molecule has 3 rings (SSSR count). The Morgan fingerprint density at radius 2 is 1.94 bits per heavy atom. The Labute approximate surface area is 212 Å². The molecule has 36 heavy (non-hydrogen) atoms. The van der Waals surface area contributed by atoms with Gasteiger partial charge in [-0.3, -0.25) is 4.79 Å². The van der Waals surface area contributed by atoms with E-state index in [2.05, 4.69) is 53.4 Å². The van der Waals surface area contributed by atoms with Crippen molar-refractivity contribution in [1.82, 2.24) is 20.4 Å². The minimum Gasteiger partial charge on any atom is -0.490 e. The lowest BCUT2D eigenvalue weighted by Gasteiger charge is -2.17. The summed E-state index contributed by atoms with van der Waals surface area (Å²) >= 11 is 0.